The molecule has 7 heteroatoms. The number of carbonyl (C=O) groups is 2. The first kappa shape index (κ1) is 16.4. The molecule has 0 aromatic heterocycles. The van der Waals surface area contributed by atoms with Gasteiger partial charge < -0.3 is 19.9 Å². The van der Waals surface area contributed by atoms with Gasteiger partial charge in [0, 0.05) is 13.0 Å². The van der Waals surface area contributed by atoms with Crippen molar-refractivity contribution in [1.82, 2.24) is 5.32 Å². The maximum Gasteiger partial charge on any atom is 0.326 e. The van der Waals surface area contributed by atoms with Gasteiger partial charge in [-0.2, -0.15) is 5.26 Å². The number of nitriles is 1. The highest BCUT2D eigenvalue weighted by Crippen LogP contribution is 2.04. The Bertz CT molecular complexity index is 313. The van der Waals surface area contributed by atoms with Crippen molar-refractivity contribution < 1.29 is 24.2 Å². The van der Waals surface area contributed by atoms with Crippen molar-refractivity contribution in [3.63, 3.8) is 0 Å². The fourth-order valence-electron chi connectivity index (χ4n) is 1.17. The molecule has 0 spiro atoms. The molecule has 0 fully saturated rings. The Labute approximate surface area is 106 Å². The predicted molar refractivity (Wildman–Crippen MR) is 61.7 cm³/mol. The van der Waals surface area contributed by atoms with Crippen LogP contribution in [-0.4, -0.2) is 50.0 Å². The first-order chi connectivity index (χ1) is 8.51. The molecule has 0 aliphatic heterocycles. The maximum atomic E-state index is 11.4. The molecule has 0 saturated heterocycles. The Morgan fingerprint density at radius 2 is 2.11 bits per heavy atom. The molecule has 0 aliphatic rings. The first-order valence-corrected chi connectivity index (χ1v) is 5.49. The summed E-state index contributed by atoms with van der Waals surface area (Å²) in [5.74, 6) is -2.13. The molecule has 0 radical (unpaired) electrons. The molecule has 0 rings (SSSR count). The van der Waals surface area contributed by atoms with Gasteiger partial charge in [-0.05, 0) is 13.3 Å². The number of hydrogen-bond donors (Lipinski definition) is 2. The van der Waals surface area contributed by atoms with Gasteiger partial charge in [0.05, 0.1) is 19.3 Å². The van der Waals surface area contributed by atoms with Gasteiger partial charge in [0.25, 0.3) is 0 Å². The standard InChI is InChI=1S/C11H18N2O5/c1-8(6-12)5-9(11(15)16)13-10(14)7-18-4-3-17-2/h8-9H,3-5,7H2,1-2H3,(H,13,14)(H,15,16)/t8-,9-/m0/s1. The van der Waals surface area contributed by atoms with Crippen molar-refractivity contribution in [3.05, 3.63) is 0 Å². The van der Waals surface area contributed by atoms with Gasteiger partial charge in [0.1, 0.15) is 12.6 Å². The number of methoxy groups -OCH3 is 1. The number of nitrogens with one attached hydrogen (secondary N) is 1. The minimum atomic E-state index is -1.16. The molecule has 2 atom stereocenters. The molecule has 0 unspecified atom stereocenters. The number of carboxylic acid groups (broad SMARTS) is 1. The normalized spacial score (nSPS) is 13.4. The highest BCUT2D eigenvalue weighted by Gasteiger charge is 2.22. The van der Waals surface area contributed by atoms with Crippen LogP contribution in [0.5, 0.6) is 0 Å². The average molecular weight is 258 g/mol. The van der Waals surface area contributed by atoms with Crippen molar-refractivity contribution in [3.8, 4) is 6.07 Å². The number of amides is 1. The third-order valence-corrected chi connectivity index (χ3v) is 2.11. The third-order valence-electron chi connectivity index (χ3n) is 2.11. The molecule has 0 bridgehead atoms. The molecule has 0 heterocycles. The lowest BCUT2D eigenvalue weighted by Gasteiger charge is -2.15. The van der Waals surface area contributed by atoms with Crippen molar-refractivity contribution in [2.75, 3.05) is 26.9 Å². The second kappa shape index (κ2) is 9.39. The van der Waals surface area contributed by atoms with Gasteiger partial charge in [-0.15, -0.1) is 0 Å². The van der Waals surface area contributed by atoms with Crippen LogP contribution in [0.1, 0.15) is 13.3 Å². The fraction of sp³-hybridized carbons (Fsp3) is 0.727. The van der Waals surface area contributed by atoms with E-state index < -0.39 is 23.8 Å². The number of carboxylic acids is 1. The minimum absolute atomic E-state index is 0.0651. The highest BCUT2D eigenvalue weighted by atomic mass is 16.5. The van der Waals surface area contributed by atoms with Crippen LogP contribution < -0.4 is 5.32 Å². The van der Waals surface area contributed by atoms with E-state index in [2.05, 4.69) is 5.32 Å². The van der Waals surface area contributed by atoms with E-state index in [0.717, 1.165) is 0 Å². The van der Waals surface area contributed by atoms with E-state index in [-0.39, 0.29) is 19.6 Å². The third kappa shape index (κ3) is 7.60. The zero-order chi connectivity index (χ0) is 14.0. The Kier molecular flexibility index (Phi) is 8.53. The van der Waals surface area contributed by atoms with Crippen LogP contribution in [0.25, 0.3) is 0 Å². The van der Waals surface area contributed by atoms with Crippen LogP contribution in [-0.2, 0) is 19.1 Å². The topological polar surface area (TPSA) is 109 Å². The van der Waals surface area contributed by atoms with Gasteiger partial charge in [0.15, 0.2) is 0 Å². The van der Waals surface area contributed by atoms with Gasteiger partial charge >= 0.3 is 5.97 Å². The lowest BCUT2D eigenvalue weighted by molar-refractivity contribution is -0.143. The van der Waals surface area contributed by atoms with Crippen molar-refractivity contribution >= 4 is 11.9 Å². The van der Waals surface area contributed by atoms with Gasteiger partial charge in [-0.1, -0.05) is 0 Å². The van der Waals surface area contributed by atoms with Gasteiger partial charge in [-0.25, -0.2) is 4.79 Å². The van der Waals surface area contributed by atoms with E-state index in [4.69, 9.17) is 19.8 Å². The van der Waals surface area contributed by atoms with E-state index in [1.807, 2.05) is 6.07 Å². The molecular weight excluding hydrogens is 240 g/mol. The number of hydrogen-bond acceptors (Lipinski definition) is 5. The monoisotopic (exact) mass is 258 g/mol. The summed E-state index contributed by atoms with van der Waals surface area (Å²) in [5, 5.41) is 19.8. The van der Waals surface area contributed by atoms with E-state index in [1.165, 1.54) is 7.11 Å². The first-order valence-electron chi connectivity index (χ1n) is 5.49. The van der Waals surface area contributed by atoms with Crippen LogP contribution in [0.2, 0.25) is 0 Å². The maximum absolute atomic E-state index is 11.4. The van der Waals surface area contributed by atoms with Crippen LogP contribution in [0.3, 0.4) is 0 Å². The van der Waals surface area contributed by atoms with Crippen molar-refractivity contribution in [2.45, 2.75) is 19.4 Å². The largest absolute Gasteiger partial charge is 0.480 e. The number of nitrogens with zero attached hydrogens (tertiary/aromatic N) is 1. The molecule has 102 valence electrons. The average Bonchev–Trinajstić information content (AvgIpc) is 2.33. The minimum Gasteiger partial charge on any atom is -0.480 e. The number of aliphatic carboxylic acids is 1. The zero-order valence-electron chi connectivity index (χ0n) is 10.5. The fourth-order valence-corrected chi connectivity index (χ4v) is 1.17. The molecule has 2 N–H and O–H groups in total. The molecule has 0 saturated carbocycles. The van der Waals surface area contributed by atoms with Crippen LogP contribution in [0.4, 0.5) is 0 Å². The Hall–Kier alpha value is -1.65. The highest BCUT2D eigenvalue weighted by molar-refractivity contribution is 5.84. The quantitative estimate of drug-likeness (QED) is 0.553. The van der Waals surface area contributed by atoms with Crippen molar-refractivity contribution in [1.29, 1.82) is 5.26 Å². The molecular formula is C11H18N2O5. The second-order valence-electron chi connectivity index (χ2n) is 3.77. The number of carbonyl (C=O) groups excluding carboxylic acids is 1. The zero-order valence-corrected chi connectivity index (χ0v) is 10.5. The van der Waals surface area contributed by atoms with E-state index in [1.54, 1.807) is 6.92 Å². The SMILES string of the molecule is COCCOCC(=O)N[C@@H](C[C@H](C)C#N)C(=O)O. The summed E-state index contributed by atoms with van der Waals surface area (Å²) in [6.07, 6.45) is 0.0651. The van der Waals surface area contributed by atoms with E-state index >= 15 is 0 Å². The van der Waals surface area contributed by atoms with Gasteiger partial charge in [-0.3, -0.25) is 4.79 Å². The van der Waals surface area contributed by atoms with E-state index in [0.29, 0.717) is 6.61 Å². The lowest BCUT2D eigenvalue weighted by Crippen LogP contribution is -2.43. The summed E-state index contributed by atoms with van der Waals surface area (Å²) in [5.41, 5.74) is 0. The van der Waals surface area contributed by atoms with Crippen molar-refractivity contribution in [2.24, 2.45) is 5.92 Å². The summed E-state index contributed by atoms with van der Waals surface area (Å²) in [4.78, 5) is 22.2. The summed E-state index contributed by atoms with van der Waals surface area (Å²) < 4.78 is 9.68. The molecule has 18 heavy (non-hydrogen) atoms. The summed E-state index contributed by atoms with van der Waals surface area (Å²) in [6, 6.07) is 0.850. The molecule has 0 aromatic rings. The Morgan fingerprint density at radius 1 is 1.44 bits per heavy atom. The molecule has 0 aromatic carbocycles. The van der Waals surface area contributed by atoms with Crippen LogP contribution in [0.15, 0.2) is 0 Å². The molecule has 1 amide bonds. The number of ether oxygens (including phenoxy) is 2. The molecule has 0 aliphatic carbocycles. The Morgan fingerprint density at radius 3 is 2.61 bits per heavy atom. The Balaban J connectivity index is 4.05. The van der Waals surface area contributed by atoms with E-state index in [9.17, 15) is 9.59 Å². The summed E-state index contributed by atoms with van der Waals surface area (Å²) >= 11 is 0. The number of rotatable bonds is 9. The van der Waals surface area contributed by atoms with Gasteiger partial charge in [0.2, 0.25) is 5.91 Å². The summed E-state index contributed by atoms with van der Waals surface area (Å²) in [7, 11) is 1.51. The predicted octanol–water partition coefficient (Wildman–Crippen LogP) is -0.231. The second-order valence-corrected chi connectivity index (χ2v) is 3.77. The van der Waals surface area contributed by atoms with Crippen LogP contribution in [0, 0.1) is 17.2 Å². The summed E-state index contributed by atoms with van der Waals surface area (Å²) in [6.45, 7) is 1.99. The molecule has 7 nitrogen and oxygen atoms in total. The van der Waals surface area contributed by atoms with Crippen LogP contribution >= 0.6 is 0 Å². The lowest BCUT2D eigenvalue weighted by atomic mass is 10.0. The smallest absolute Gasteiger partial charge is 0.326 e.